The first-order valence-corrected chi connectivity index (χ1v) is 15.3. The smallest absolute Gasteiger partial charge is 0.310 e. The highest BCUT2D eigenvalue weighted by atomic mass is 32.2. The summed E-state index contributed by atoms with van der Waals surface area (Å²) in [5.74, 6) is -1.73. The maximum Gasteiger partial charge on any atom is 0.310 e. The Morgan fingerprint density at radius 2 is 1.80 bits per heavy atom. The number of nitrogens with zero attached hydrogens (tertiary/aromatic N) is 1. The number of hydrogen-bond acceptors (Lipinski definition) is 6. The summed E-state index contributed by atoms with van der Waals surface area (Å²) in [5, 5.41) is 12.9. The fourth-order valence-corrected chi connectivity index (χ4v) is 6.23. The second kappa shape index (κ2) is 11.8. The number of pyridine rings is 1. The van der Waals surface area contributed by atoms with E-state index in [0.717, 1.165) is 29.5 Å². The van der Waals surface area contributed by atoms with Gasteiger partial charge in [-0.15, -0.1) is 0 Å². The van der Waals surface area contributed by atoms with Crippen LogP contribution in [0.3, 0.4) is 0 Å². The summed E-state index contributed by atoms with van der Waals surface area (Å²) in [6.45, 7) is 2.08. The minimum Gasteiger partial charge on any atom is -0.481 e. The van der Waals surface area contributed by atoms with Crippen LogP contribution in [0.25, 0.3) is 22.4 Å². The molecule has 0 radical (unpaired) electrons. The van der Waals surface area contributed by atoms with E-state index in [1.807, 2.05) is 43.3 Å². The number of carboxylic acid groups (broad SMARTS) is 1. The zero-order chi connectivity index (χ0) is 29.1. The molecule has 10 heteroatoms. The quantitative estimate of drug-likeness (QED) is 0.200. The van der Waals surface area contributed by atoms with Crippen LogP contribution in [0.5, 0.6) is 0 Å². The number of sulfonamides is 1. The third-order valence-corrected chi connectivity index (χ3v) is 8.70. The summed E-state index contributed by atoms with van der Waals surface area (Å²) in [7, 11) is -2.22. The molecule has 1 fully saturated rings. The third-order valence-electron chi connectivity index (χ3n) is 7.40. The number of hydrogen-bond donors (Lipinski definition) is 3. The Morgan fingerprint density at radius 1 is 1.10 bits per heavy atom. The van der Waals surface area contributed by atoms with Crippen LogP contribution in [0.15, 0.2) is 65.1 Å². The number of carboxylic acids is 1. The molecule has 3 N–H and O–H groups in total. The molecule has 1 unspecified atom stereocenters. The topological polar surface area (TPSA) is 139 Å². The van der Waals surface area contributed by atoms with Crippen LogP contribution in [0.2, 0.25) is 0 Å². The van der Waals surface area contributed by atoms with Crippen molar-refractivity contribution in [2.24, 2.45) is 0 Å². The average molecular weight is 576 g/mol. The van der Waals surface area contributed by atoms with Gasteiger partial charge in [0.1, 0.15) is 11.5 Å². The van der Waals surface area contributed by atoms with Crippen molar-refractivity contribution < 1.29 is 27.5 Å². The van der Waals surface area contributed by atoms with Gasteiger partial charge in [0.05, 0.1) is 22.6 Å². The third kappa shape index (κ3) is 6.49. The SMILES string of the molecule is CNC(=O)c1c(-c2ccc(C)cc2)oc2nc(CS(=O)(=O)NCCCC(C(=O)O)c3ccccc3)c(C3CC3)cc12. The van der Waals surface area contributed by atoms with E-state index in [1.54, 1.807) is 31.3 Å². The van der Waals surface area contributed by atoms with E-state index in [1.165, 1.54) is 0 Å². The largest absolute Gasteiger partial charge is 0.481 e. The normalized spacial score (nSPS) is 14.2. The molecule has 1 atom stereocenters. The number of aryl methyl sites for hydroxylation is 1. The van der Waals surface area contributed by atoms with Gasteiger partial charge in [-0.2, -0.15) is 0 Å². The highest BCUT2D eigenvalue weighted by Gasteiger charge is 2.32. The Bertz CT molecular complexity index is 1680. The highest BCUT2D eigenvalue weighted by molar-refractivity contribution is 7.88. The maximum absolute atomic E-state index is 13.1. The molecule has 1 amide bonds. The van der Waals surface area contributed by atoms with Crippen LogP contribution < -0.4 is 10.0 Å². The summed E-state index contributed by atoms with van der Waals surface area (Å²) >= 11 is 0. The first kappa shape index (κ1) is 28.5. The molecular formula is C31H33N3O6S. The zero-order valence-electron chi connectivity index (χ0n) is 23.0. The molecule has 41 heavy (non-hydrogen) atoms. The van der Waals surface area contributed by atoms with E-state index in [0.29, 0.717) is 40.8 Å². The number of benzene rings is 2. The molecule has 0 aliphatic heterocycles. The zero-order valence-corrected chi connectivity index (χ0v) is 23.8. The van der Waals surface area contributed by atoms with Crippen molar-refractivity contribution in [3.8, 4) is 11.3 Å². The van der Waals surface area contributed by atoms with Gasteiger partial charge in [-0.25, -0.2) is 18.1 Å². The van der Waals surface area contributed by atoms with Crippen molar-refractivity contribution in [2.75, 3.05) is 13.6 Å². The Kier molecular flexibility index (Phi) is 8.23. The molecule has 2 heterocycles. The van der Waals surface area contributed by atoms with Crippen molar-refractivity contribution in [1.82, 2.24) is 15.0 Å². The highest BCUT2D eigenvalue weighted by Crippen LogP contribution is 2.44. The van der Waals surface area contributed by atoms with Crippen LogP contribution in [-0.4, -0.2) is 44.0 Å². The van der Waals surface area contributed by atoms with E-state index >= 15 is 0 Å². The molecule has 9 nitrogen and oxygen atoms in total. The summed E-state index contributed by atoms with van der Waals surface area (Å²) in [6, 6.07) is 18.4. The molecule has 0 bridgehead atoms. The van der Waals surface area contributed by atoms with Gasteiger partial charge in [0.25, 0.3) is 5.91 Å². The number of carbonyl (C=O) groups excluding carboxylic acids is 1. The summed E-state index contributed by atoms with van der Waals surface area (Å²) in [5.41, 5.74) is 4.27. The van der Waals surface area contributed by atoms with Gasteiger partial charge in [-0.05, 0) is 55.7 Å². The number of fused-ring (bicyclic) bond motifs is 1. The van der Waals surface area contributed by atoms with Crippen LogP contribution in [0, 0.1) is 6.92 Å². The number of furan rings is 1. The molecule has 214 valence electrons. The van der Waals surface area contributed by atoms with Crippen molar-refractivity contribution in [2.45, 2.75) is 50.2 Å². The monoisotopic (exact) mass is 575 g/mol. The fraction of sp³-hybridized carbons (Fsp3) is 0.323. The lowest BCUT2D eigenvalue weighted by Crippen LogP contribution is -2.27. The lowest BCUT2D eigenvalue weighted by Gasteiger charge is -2.13. The molecule has 1 aliphatic rings. The summed E-state index contributed by atoms with van der Waals surface area (Å²) < 4.78 is 34.9. The molecule has 2 aromatic heterocycles. The van der Waals surface area contributed by atoms with Crippen LogP contribution in [-0.2, 0) is 20.6 Å². The maximum atomic E-state index is 13.1. The first-order chi connectivity index (χ1) is 19.7. The van der Waals surface area contributed by atoms with Crippen molar-refractivity contribution >= 4 is 33.0 Å². The minimum absolute atomic E-state index is 0.110. The van der Waals surface area contributed by atoms with Gasteiger partial charge in [-0.3, -0.25) is 9.59 Å². The van der Waals surface area contributed by atoms with Crippen LogP contribution in [0.1, 0.15) is 70.3 Å². The Hall–Kier alpha value is -4.02. The fourth-order valence-electron chi connectivity index (χ4n) is 5.08. The van der Waals surface area contributed by atoms with Gasteiger partial charge < -0.3 is 14.8 Å². The molecule has 0 spiro atoms. The minimum atomic E-state index is -3.78. The van der Waals surface area contributed by atoms with Gasteiger partial charge in [-0.1, -0.05) is 60.2 Å². The lowest BCUT2D eigenvalue weighted by molar-refractivity contribution is -0.139. The molecular weight excluding hydrogens is 542 g/mol. The van der Waals surface area contributed by atoms with E-state index < -0.39 is 21.9 Å². The van der Waals surface area contributed by atoms with Gasteiger partial charge >= 0.3 is 5.97 Å². The Balaban J connectivity index is 1.38. The van der Waals surface area contributed by atoms with Gasteiger partial charge in [0.2, 0.25) is 15.7 Å². The van der Waals surface area contributed by atoms with Crippen molar-refractivity contribution in [3.63, 3.8) is 0 Å². The lowest BCUT2D eigenvalue weighted by atomic mass is 9.94. The molecule has 4 aromatic rings. The number of aliphatic carboxylic acids is 1. The Morgan fingerprint density at radius 3 is 2.44 bits per heavy atom. The van der Waals surface area contributed by atoms with Crippen molar-refractivity contribution in [1.29, 1.82) is 0 Å². The predicted octanol–water partition coefficient (Wildman–Crippen LogP) is 5.11. The van der Waals surface area contributed by atoms with Crippen LogP contribution in [0.4, 0.5) is 0 Å². The molecule has 0 saturated heterocycles. The van der Waals surface area contributed by atoms with Gasteiger partial charge in [0, 0.05) is 19.2 Å². The average Bonchev–Trinajstić information content (AvgIpc) is 3.73. The second-order valence-electron chi connectivity index (χ2n) is 10.5. The molecule has 2 aromatic carbocycles. The van der Waals surface area contributed by atoms with Gasteiger partial charge in [0.15, 0.2) is 0 Å². The number of aromatic nitrogens is 1. The molecule has 1 saturated carbocycles. The van der Waals surface area contributed by atoms with Crippen molar-refractivity contribution in [3.05, 3.63) is 88.6 Å². The van der Waals surface area contributed by atoms with E-state index in [4.69, 9.17) is 4.42 Å². The Labute approximate surface area is 239 Å². The molecule has 5 rings (SSSR count). The number of nitrogens with one attached hydrogen (secondary N) is 2. The predicted molar refractivity (Wildman–Crippen MR) is 156 cm³/mol. The number of carbonyl (C=O) groups is 2. The number of rotatable bonds is 12. The summed E-state index contributed by atoms with van der Waals surface area (Å²) in [4.78, 5) is 29.3. The molecule has 1 aliphatic carbocycles. The first-order valence-electron chi connectivity index (χ1n) is 13.7. The number of amides is 1. The van der Waals surface area contributed by atoms with E-state index in [-0.39, 0.29) is 29.8 Å². The summed E-state index contributed by atoms with van der Waals surface area (Å²) in [6.07, 6.45) is 2.50. The van der Waals surface area contributed by atoms with E-state index in [2.05, 4.69) is 15.0 Å². The van der Waals surface area contributed by atoms with Crippen LogP contribution >= 0.6 is 0 Å². The second-order valence-corrected chi connectivity index (χ2v) is 12.3. The van der Waals surface area contributed by atoms with E-state index in [9.17, 15) is 23.1 Å². The standard InChI is InChI=1S/C31H33N3O6S/c1-19-10-12-22(13-11-19)28-27(29(35)32-2)25-17-24(21-14-15-21)26(34-30(25)40-28)18-41(38,39)33-16-6-9-23(31(36)37)20-7-4-3-5-8-20/h3-5,7-8,10-13,17,21,23,33H,6,9,14-16,18H2,1-2H3,(H,32,35)(H,36,37).